The summed E-state index contributed by atoms with van der Waals surface area (Å²) in [4.78, 5) is 0. The first-order chi connectivity index (χ1) is 6.20. The van der Waals surface area contributed by atoms with Gasteiger partial charge in [0, 0.05) is 7.05 Å². The average Bonchev–Trinajstić information content (AvgIpc) is 2.60. The lowest BCUT2D eigenvalue weighted by Gasteiger charge is -1.98. The van der Waals surface area contributed by atoms with Crippen LogP contribution in [0.25, 0.3) is 11.5 Å². The zero-order valence-corrected chi connectivity index (χ0v) is 7.48. The maximum atomic E-state index is 5.67. The minimum absolute atomic E-state index is 0.534. The summed E-state index contributed by atoms with van der Waals surface area (Å²) < 4.78 is 6.75. The van der Waals surface area contributed by atoms with Gasteiger partial charge in [0.1, 0.15) is 11.4 Å². The molecule has 2 heterocycles. The summed E-state index contributed by atoms with van der Waals surface area (Å²) in [7, 11) is 1.84. The lowest BCUT2D eigenvalue weighted by atomic mass is 10.2. The van der Waals surface area contributed by atoms with Gasteiger partial charge in [0.05, 0.1) is 12.4 Å². The lowest BCUT2D eigenvalue weighted by molar-refractivity contribution is 0.429. The quantitative estimate of drug-likeness (QED) is 0.706. The van der Waals surface area contributed by atoms with Crippen LogP contribution in [-0.2, 0) is 7.05 Å². The molecule has 13 heavy (non-hydrogen) atoms. The number of hydrogen-bond acceptors (Lipinski definition) is 4. The van der Waals surface area contributed by atoms with Crippen LogP contribution in [0.3, 0.4) is 0 Å². The predicted molar refractivity (Wildman–Crippen MR) is 47.9 cm³/mol. The molecule has 0 aliphatic heterocycles. The SMILES string of the molecule is Cc1cnn(C)c1-c1oncc1N. The van der Waals surface area contributed by atoms with Gasteiger partial charge in [-0.25, -0.2) is 0 Å². The third-order valence-electron chi connectivity index (χ3n) is 1.93. The molecule has 5 nitrogen and oxygen atoms in total. The van der Waals surface area contributed by atoms with Gasteiger partial charge in [0.2, 0.25) is 5.76 Å². The van der Waals surface area contributed by atoms with Gasteiger partial charge < -0.3 is 10.3 Å². The Morgan fingerprint density at radius 3 is 2.69 bits per heavy atom. The minimum atomic E-state index is 0.534. The van der Waals surface area contributed by atoms with Crippen molar-refractivity contribution >= 4 is 5.69 Å². The van der Waals surface area contributed by atoms with Crippen molar-refractivity contribution in [2.24, 2.45) is 7.05 Å². The van der Waals surface area contributed by atoms with Gasteiger partial charge in [-0.05, 0) is 12.5 Å². The molecular weight excluding hydrogens is 168 g/mol. The van der Waals surface area contributed by atoms with E-state index in [1.54, 1.807) is 10.9 Å². The van der Waals surface area contributed by atoms with E-state index >= 15 is 0 Å². The number of hydrogen-bond donors (Lipinski definition) is 1. The van der Waals surface area contributed by atoms with E-state index in [0.29, 0.717) is 11.4 Å². The van der Waals surface area contributed by atoms with E-state index in [0.717, 1.165) is 11.3 Å². The number of anilines is 1. The zero-order chi connectivity index (χ0) is 9.42. The molecule has 0 bridgehead atoms. The summed E-state index contributed by atoms with van der Waals surface area (Å²) in [5, 5.41) is 7.71. The highest BCUT2D eigenvalue weighted by Crippen LogP contribution is 2.27. The number of nitrogens with zero attached hydrogens (tertiary/aromatic N) is 3. The van der Waals surface area contributed by atoms with Crippen molar-refractivity contribution in [2.75, 3.05) is 5.73 Å². The Kier molecular flexibility index (Phi) is 1.58. The molecule has 0 saturated heterocycles. The average molecular weight is 178 g/mol. The molecule has 0 amide bonds. The van der Waals surface area contributed by atoms with E-state index in [1.165, 1.54) is 6.20 Å². The summed E-state index contributed by atoms with van der Waals surface area (Å²) in [5.74, 6) is 0.581. The van der Waals surface area contributed by atoms with Crippen molar-refractivity contribution in [3.8, 4) is 11.5 Å². The maximum absolute atomic E-state index is 5.67. The molecule has 0 radical (unpaired) electrons. The molecule has 0 aliphatic carbocycles. The minimum Gasteiger partial charge on any atom is -0.394 e. The topological polar surface area (TPSA) is 69.9 Å². The van der Waals surface area contributed by atoms with Crippen LogP contribution in [0.15, 0.2) is 16.9 Å². The van der Waals surface area contributed by atoms with Crippen LogP contribution < -0.4 is 5.73 Å². The highest BCUT2D eigenvalue weighted by Gasteiger charge is 2.14. The van der Waals surface area contributed by atoms with E-state index in [-0.39, 0.29) is 0 Å². The summed E-state index contributed by atoms with van der Waals surface area (Å²) in [5.41, 5.74) is 8.10. The van der Waals surface area contributed by atoms with Crippen molar-refractivity contribution in [1.82, 2.24) is 14.9 Å². The Morgan fingerprint density at radius 1 is 1.46 bits per heavy atom. The first-order valence-corrected chi connectivity index (χ1v) is 3.89. The largest absolute Gasteiger partial charge is 0.394 e. The van der Waals surface area contributed by atoms with Gasteiger partial charge in [-0.1, -0.05) is 5.16 Å². The number of nitrogens with two attached hydrogens (primary N) is 1. The van der Waals surface area contributed by atoms with E-state index in [2.05, 4.69) is 10.3 Å². The van der Waals surface area contributed by atoms with Crippen molar-refractivity contribution in [3.63, 3.8) is 0 Å². The molecule has 2 rings (SSSR count). The maximum Gasteiger partial charge on any atom is 0.207 e. The van der Waals surface area contributed by atoms with E-state index in [4.69, 9.17) is 10.3 Å². The second-order valence-corrected chi connectivity index (χ2v) is 2.91. The Balaban J connectivity index is 2.64. The van der Waals surface area contributed by atoms with Crippen LogP contribution in [0, 0.1) is 6.92 Å². The van der Waals surface area contributed by atoms with Crippen molar-refractivity contribution in [1.29, 1.82) is 0 Å². The van der Waals surface area contributed by atoms with E-state index < -0.39 is 0 Å². The molecule has 0 fully saturated rings. The van der Waals surface area contributed by atoms with Crippen LogP contribution >= 0.6 is 0 Å². The molecule has 2 aromatic rings. The molecule has 0 aromatic carbocycles. The van der Waals surface area contributed by atoms with E-state index in [9.17, 15) is 0 Å². The molecule has 0 atom stereocenters. The standard InChI is InChI=1S/C8H10N4O/c1-5-3-10-12(2)7(5)8-6(9)4-11-13-8/h3-4H,9H2,1-2H3. The molecular formula is C8H10N4O. The molecule has 2 N–H and O–H groups in total. The fourth-order valence-electron chi connectivity index (χ4n) is 1.30. The second-order valence-electron chi connectivity index (χ2n) is 2.91. The molecule has 68 valence electrons. The third kappa shape index (κ3) is 1.09. The van der Waals surface area contributed by atoms with Gasteiger partial charge >= 0.3 is 0 Å². The summed E-state index contributed by atoms with van der Waals surface area (Å²) in [6, 6.07) is 0. The summed E-state index contributed by atoms with van der Waals surface area (Å²) in [6.45, 7) is 1.95. The van der Waals surface area contributed by atoms with Gasteiger partial charge in [0.25, 0.3) is 0 Å². The molecule has 5 heteroatoms. The first-order valence-electron chi connectivity index (χ1n) is 3.89. The highest BCUT2D eigenvalue weighted by atomic mass is 16.5. The monoisotopic (exact) mass is 178 g/mol. The third-order valence-corrected chi connectivity index (χ3v) is 1.93. The van der Waals surface area contributed by atoms with Crippen molar-refractivity contribution in [2.45, 2.75) is 6.92 Å². The molecule has 0 unspecified atom stereocenters. The predicted octanol–water partition coefficient (Wildman–Crippen LogP) is 0.966. The Bertz CT molecular complexity index is 410. The molecule has 0 spiro atoms. The fourth-order valence-corrected chi connectivity index (χ4v) is 1.30. The van der Waals surface area contributed by atoms with Crippen molar-refractivity contribution in [3.05, 3.63) is 18.0 Å². The fraction of sp³-hybridized carbons (Fsp3) is 0.250. The Hall–Kier alpha value is -1.78. The smallest absolute Gasteiger partial charge is 0.207 e. The normalized spacial score (nSPS) is 10.6. The van der Waals surface area contributed by atoms with Gasteiger partial charge in [-0.3, -0.25) is 4.68 Å². The van der Waals surface area contributed by atoms with Gasteiger partial charge in [-0.15, -0.1) is 0 Å². The van der Waals surface area contributed by atoms with E-state index in [1.807, 2.05) is 14.0 Å². The first kappa shape index (κ1) is 7.85. The Labute approximate surface area is 75.1 Å². The van der Waals surface area contributed by atoms with Crippen LogP contribution in [0.4, 0.5) is 5.69 Å². The number of nitrogen functional groups attached to an aromatic ring is 1. The molecule has 2 aromatic heterocycles. The van der Waals surface area contributed by atoms with Gasteiger partial charge in [0.15, 0.2) is 0 Å². The van der Waals surface area contributed by atoms with Gasteiger partial charge in [-0.2, -0.15) is 5.10 Å². The number of aryl methyl sites for hydroxylation is 2. The van der Waals surface area contributed by atoms with Crippen molar-refractivity contribution < 1.29 is 4.52 Å². The number of aromatic nitrogens is 3. The Morgan fingerprint density at radius 2 is 2.23 bits per heavy atom. The number of rotatable bonds is 1. The highest BCUT2D eigenvalue weighted by molar-refractivity contribution is 5.69. The van der Waals surface area contributed by atoms with Crippen LogP contribution in [-0.4, -0.2) is 14.9 Å². The molecule has 0 saturated carbocycles. The van der Waals surface area contributed by atoms with Crippen LogP contribution in [0.1, 0.15) is 5.56 Å². The van der Waals surface area contributed by atoms with Crippen LogP contribution in [0.2, 0.25) is 0 Å². The zero-order valence-electron chi connectivity index (χ0n) is 7.48. The lowest BCUT2D eigenvalue weighted by Crippen LogP contribution is -1.95. The second kappa shape index (κ2) is 2.62. The summed E-state index contributed by atoms with van der Waals surface area (Å²) in [6.07, 6.45) is 3.25. The summed E-state index contributed by atoms with van der Waals surface area (Å²) >= 11 is 0. The van der Waals surface area contributed by atoms with Crippen LogP contribution in [0.5, 0.6) is 0 Å². The molecule has 0 aliphatic rings.